The molecule has 1 aromatic carbocycles. The molecule has 1 aromatic rings. The molecule has 1 heterocycles. The molecule has 0 spiro atoms. The van der Waals surface area contributed by atoms with Gasteiger partial charge in [0.25, 0.3) is 10.0 Å². The van der Waals surface area contributed by atoms with Crippen LogP contribution in [0.4, 0.5) is 5.69 Å². The molecular formula is C9H10Cl2N2O3S. The maximum Gasteiger partial charge on any atom is 0.266 e. The number of nitrogens with zero attached hydrogens (tertiary/aromatic N) is 1. The van der Waals surface area contributed by atoms with E-state index in [0.29, 0.717) is 19.6 Å². The molecule has 8 heteroatoms. The summed E-state index contributed by atoms with van der Waals surface area (Å²) in [5, 5.41) is 0.143. The van der Waals surface area contributed by atoms with Crippen LogP contribution in [0, 0.1) is 0 Å². The fourth-order valence-electron chi connectivity index (χ4n) is 1.47. The van der Waals surface area contributed by atoms with Gasteiger partial charge in [-0.2, -0.15) is 0 Å². The molecule has 0 unspecified atom stereocenters. The molecule has 1 aliphatic rings. The lowest BCUT2D eigenvalue weighted by molar-refractivity contribution is -0.0284. The molecule has 5 nitrogen and oxygen atoms in total. The molecule has 1 fully saturated rings. The maximum absolute atomic E-state index is 12.1. The molecule has 0 aromatic heterocycles. The van der Waals surface area contributed by atoms with Crippen molar-refractivity contribution in [3.63, 3.8) is 0 Å². The van der Waals surface area contributed by atoms with Gasteiger partial charge in [0.05, 0.1) is 22.3 Å². The summed E-state index contributed by atoms with van der Waals surface area (Å²) in [6, 6.07) is 2.71. The second kappa shape index (κ2) is 4.62. The molecule has 1 saturated heterocycles. The number of rotatable bonds is 2. The van der Waals surface area contributed by atoms with Gasteiger partial charge < -0.3 is 5.73 Å². The molecule has 0 amide bonds. The smallest absolute Gasteiger partial charge is 0.266 e. The van der Waals surface area contributed by atoms with Gasteiger partial charge in [0, 0.05) is 6.54 Å². The van der Waals surface area contributed by atoms with E-state index in [4.69, 9.17) is 33.8 Å². The normalized spacial score (nSPS) is 17.5. The molecule has 0 radical (unpaired) electrons. The maximum atomic E-state index is 12.1. The van der Waals surface area contributed by atoms with Gasteiger partial charge in [-0.3, -0.25) is 4.84 Å². The molecule has 2 rings (SSSR count). The van der Waals surface area contributed by atoms with Crippen LogP contribution in [0.3, 0.4) is 0 Å². The molecule has 1 aliphatic heterocycles. The van der Waals surface area contributed by atoms with E-state index in [2.05, 4.69) is 0 Å². The number of anilines is 1. The van der Waals surface area contributed by atoms with E-state index >= 15 is 0 Å². The van der Waals surface area contributed by atoms with Gasteiger partial charge in [0.2, 0.25) is 0 Å². The summed E-state index contributed by atoms with van der Waals surface area (Å²) in [5.74, 6) is 0. The Labute approximate surface area is 109 Å². The summed E-state index contributed by atoms with van der Waals surface area (Å²) >= 11 is 11.6. The monoisotopic (exact) mass is 296 g/mol. The Hall–Kier alpha value is -0.530. The summed E-state index contributed by atoms with van der Waals surface area (Å²) in [6.45, 7) is 0.682. The zero-order valence-electron chi connectivity index (χ0n) is 8.69. The fourth-order valence-corrected chi connectivity index (χ4v) is 3.51. The minimum Gasteiger partial charge on any atom is -0.396 e. The van der Waals surface area contributed by atoms with Gasteiger partial charge in [-0.1, -0.05) is 27.7 Å². The van der Waals surface area contributed by atoms with E-state index in [1.165, 1.54) is 12.1 Å². The van der Waals surface area contributed by atoms with Crippen molar-refractivity contribution < 1.29 is 13.3 Å². The van der Waals surface area contributed by atoms with Gasteiger partial charge in [-0.05, 0) is 18.6 Å². The van der Waals surface area contributed by atoms with Crippen molar-refractivity contribution in [1.82, 2.24) is 4.47 Å². The highest BCUT2D eigenvalue weighted by Gasteiger charge is 2.31. The van der Waals surface area contributed by atoms with Crippen molar-refractivity contribution >= 4 is 38.9 Å². The molecule has 0 aliphatic carbocycles. The third-order valence-corrected chi connectivity index (χ3v) is 4.93. The van der Waals surface area contributed by atoms with Crippen LogP contribution in [0.15, 0.2) is 17.0 Å². The molecule has 0 atom stereocenters. The third kappa shape index (κ3) is 2.23. The summed E-state index contributed by atoms with van der Waals surface area (Å²) in [7, 11) is -3.77. The molecule has 17 heavy (non-hydrogen) atoms. The summed E-state index contributed by atoms with van der Waals surface area (Å²) in [4.78, 5) is 4.92. The number of hydroxylamine groups is 1. The van der Waals surface area contributed by atoms with Crippen LogP contribution in [0.1, 0.15) is 6.42 Å². The van der Waals surface area contributed by atoms with Crippen LogP contribution in [-0.4, -0.2) is 26.0 Å². The Morgan fingerprint density at radius 3 is 2.65 bits per heavy atom. The first-order chi connectivity index (χ1) is 7.94. The second-order valence-electron chi connectivity index (χ2n) is 3.49. The summed E-state index contributed by atoms with van der Waals surface area (Å²) < 4.78 is 25.2. The zero-order chi connectivity index (χ0) is 12.6. The number of hydrogen-bond donors (Lipinski definition) is 1. The Kier molecular flexibility index (Phi) is 3.51. The first kappa shape index (κ1) is 12.9. The predicted molar refractivity (Wildman–Crippen MR) is 65.3 cm³/mol. The van der Waals surface area contributed by atoms with Crippen molar-refractivity contribution in [3.05, 3.63) is 22.2 Å². The number of benzene rings is 1. The van der Waals surface area contributed by atoms with Crippen LogP contribution in [0.2, 0.25) is 10.0 Å². The lowest BCUT2D eigenvalue weighted by Gasteiger charge is -2.16. The Bertz CT molecular complexity index is 541. The lowest BCUT2D eigenvalue weighted by Crippen LogP contribution is -2.27. The molecular weight excluding hydrogens is 287 g/mol. The Morgan fingerprint density at radius 2 is 2.06 bits per heavy atom. The predicted octanol–water partition coefficient (Wildman–Crippen LogP) is 1.90. The largest absolute Gasteiger partial charge is 0.396 e. The Morgan fingerprint density at radius 1 is 1.35 bits per heavy atom. The van der Waals surface area contributed by atoms with E-state index < -0.39 is 10.0 Å². The number of hydrogen-bond acceptors (Lipinski definition) is 4. The van der Waals surface area contributed by atoms with Crippen molar-refractivity contribution in [3.8, 4) is 0 Å². The van der Waals surface area contributed by atoms with E-state index in [1.807, 2.05) is 0 Å². The second-order valence-corrected chi connectivity index (χ2v) is 6.07. The van der Waals surface area contributed by atoms with Gasteiger partial charge >= 0.3 is 0 Å². The van der Waals surface area contributed by atoms with E-state index in [9.17, 15) is 8.42 Å². The van der Waals surface area contributed by atoms with Crippen molar-refractivity contribution in [2.24, 2.45) is 0 Å². The fraction of sp³-hybridized carbons (Fsp3) is 0.333. The van der Waals surface area contributed by atoms with E-state index in [0.717, 1.165) is 4.47 Å². The highest BCUT2D eigenvalue weighted by atomic mass is 35.5. The quantitative estimate of drug-likeness (QED) is 0.846. The van der Waals surface area contributed by atoms with Crippen LogP contribution < -0.4 is 5.73 Å². The van der Waals surface area contributed by atoms with Crippen LogP contribution >= 0.6 is 23.2 Å². The number of nitrogens with two attached hydrogens (primary N) is 1. The average Bonchev–Trinajstić information content (AvgIpc) is 2.79. The summed E-state index contributed by atoms with van der Waals surface area (Å²) in [5.41, 5.74) is 5.64. The van der Waals surface area contributed by atoms with Crippen LogP contribution in [-0.2, 0) is 14.9 Å². The van der Waals surface area contributed by atoms with E-state index in [-0.39, 0.29) is 20.6 Å². The van der Waals surface area contributed by atoms with E-state index in [1.54, 1.807) is 0 Å². The molecule has 94 valence electrons. The molecule has 0 saturated carbocycles. The van der Waals surface area contributed by atoms with Gasteiger partial charge in [0.1, 0.15) is 4.90 Å². The first-order valence-electron chi connectivity index (χ1n) is 4.83. The average molecular weight is 297 g/mol. The summed E-state index contributed by atoms with van der Waals surface area (Å²) in [6.07, 6.45) is 0.653. The Balaban J connectivity index is 2.50. The SMILES string of the molecule is Nc1c(Cl)ccc(S(=O)(=O)N2CCCO2)c1Cl. The van der Waals surface area contributed by atoms with Gasteiger partial charge in [-0.25, -0.2) is 8.42 Å². The van der Waals surface area contributed by atoms with Crippen LogP contribution in [0.5, 0.6) is 0 Å². The molecule has 0 bridgehead atoms. The minimum absolute atomic E-state index is 0.0496. The minimum atomic E-state index is -3.77. The topological polar surface area (TPSA) is 72.6 Å². The van der Waals surface area contributed by atoms with Crippen LogP contribution in [0.25, 0.3) is 0 Å². The molecule has 2 N–H and O–H groups in total. The van der Waals surface area contributed by atoms with Crippen molar-refractivity contribution in [2.45, 2.75) is 11.3 Å². The number of sulfonamides is 1. The lowest BCUT2D eigenvalue weighted by atomic mass is 10.3. The van der Waals surface area contributed by atoms with Crippen molar-refractivity contribution in [2.75, 3.05) is 18.9 Å². The highest BCUT2D eigenvalue weighted by molar-refractivity contribution is 7.89. The number of nitrogen functional groups attached to an aromatic ring is 1. The highest BCUT2D eigenvalue weighted by Crippen LogP contribution is 2.35. The van der Waals surface area contributed by atoms with Gasteiger partial charge in [0.15, 0.2) is 0 Å². The standard InChI is InChI=1S/C9H10Cl2N2O3S/c10-6-2-3-7(8(11)9(6)12)17(14,15)13-4-1-5-16-13/h2-3H,1,4-5,12H2. The number of halogens is 2. The van der Waals surface area contributed by atoms with Crippen molar-refractivity contribution in [1.29, 1.82) is 0 Å². The first-order valence-corrected chi connectivity index (χ1v) is 7.03. The van der Waals surface area contributed by atoms with Gasteiger partial charge in [-0.15, -0.1) is 0 Å². The zero-order valence-corrected chi connectivity index (χ0v) is 11.0. The third-order valence-electron chi connectivity index (χ3n) is 2.36.